The minimum atomic E-state index is -0.307. The summed E-state index contributed by atoms with van der Waals surface area (Å²) in [7, 11) is 1.58. The van der Waals surface area contributed by atoms with E-state index in [4.69, 9.17) is 9.47 Å². The number of benzene rings is 2. The maximum Gasteiger partial charge on any atom is 0.270 e. The second-order valence-corrected chi connectivity index (χ2v) is 7.29. The second-order valence-electron chi connectivity index (χ2n) is 7.29. The van der Waals surface area contributed by atoms with Crippen LogP contribution in [0, 0.1) is 0 Å². The number of nitrogens with one attached hydrogen (secondary N) is 2. The molecule has 32 heavy (non-hydrogen) atoms. The smallest absolute Gasteiger partial charge is 0.270 e. The fourth-order valence-corrected chi connectivity index (χ4v) is 3.12. The van der Waals surface area contributed by atoms with E-state index in [0.717, 1.165) is 24.8 Å². The highest BCUT2D eigenvalue weighted by Crippen LogP contribution is 2.27. The van der Waals surface area contributed by atoms with Crippen LogP contribution < -0.4 is 20.5 Å². The summed E-state index contributed by atoms with van der Waals surface area (Å²) in [6.45, 7) is 2.79. The summed E-state index contributed by atoms with van der Waals surface area (Å²) in [5, 5.41) is 3.99. The lowest BCUT2D eigenvalue weighted by Crippen LogP contribution is -2.21. The maximum atomic E-state index is 12.1. The molecule has 0 fully saturated rings. The third-order valence-electron chi connectivity index (χ3n) is 4.85. The van der Waals surface area contributed by atoms with Crippen molar-refractivity contribution in [1.82, 2.24) is 15.4 Å². The van der Waals surface area contributed by atoms with Crippen molar-refractivity contribution in [3.63, 3.8) is 0 Å². The van der Waals surface area contributed by atoms with Crippen molar-refractivity contribution in [2.24, 2.45) is 5.10 Å². The van der Waals surface area contributed by atoms with Gasteiger partial charge in [0.1, 0.15) is 5.69 Å². The average molecular weight is 437 g/mol. The molecule has 2 aromatic carbocycles. The van der Waals surface area contributed by atoms with Crippen LogP contribution in [0.1, 0.15) is 43.9 Å². The van der Waals surface area contributed by atoms with Gasteiger partial charge in [0.2, 0.25) is 5.91 Å². The first-order valence-corrected chi connectivity index (χ1v) is 10.7. The summed E-state index contributed by atoms with van der Waals surface area (Å²) < 4.78 is 11.2. The number of H-pyrrole nitrogens is 1. The van der Waals surface area contributed by atoms with Crippen LogP contribution in [0.3, 0.4) is 0 Å². The molecule has 1 amide bonds. The third-order valence-corrected chi connectivity index (χ3v) is 4.85. The van der Waals surface area contributed by atoms with Crippen molar-refractivity contribution in [1.29, 1.82) is 0 Å². The van der Waals surface area contributed by atoms with Gasteiger partial charge >= 0.3 is 0 Å². The number of fused-ring (bicyclic) bond motifs is 1. The molecule has 8 heteroatoms. The number of rotatable bonds is 11. The first kappa shape index (κ1) is 23.0. The molecule has 0 aliphatic heterocycles. The molecule has 0 unspecified atom stereocenters. The Bertz CT molecular complexity index is 1140. The third kappa shape index (κ3) is 6.41. The molecule has 0 aliphatic rings. The zero-order valence-electron chi connectivity index (χ0n) is 18.4. The number of aromatic nitrogens is 2. The maximum absolute atomic E-state index is 12.1. The summed E-state index contributed by atoms with van der Waals surface area (Å²) >= 11 is 0. The largest absolute Gasteiger partial charge is 0.493 e. The number of nitrogens with zero attached hydrogens (tertiary/aromatic N) is 2. The van der Waals surface area contributed by atoms with Crippen LogP contribution in [-0.4, -0.2) is 35.8 Å². The number of methoxy groups -OCH3 is 1. The molecule has 1 aromatic heterocycles. The Kier molecular flexibility index (Phi) is 8.36. The molecule has 0 saturated heterocycles. The van der Waals surface area contributed by atoms with Crippen LogP contribution >= 0.6 is 0 Å². The molecule has 0 atom stereocenters. The number of ether oxygens (including phenoxy) is 2. The number of carbonyl (C=O) groups excluding carboxylic acids is 1. The normalized spacial score (nSPS) is 11.1. The number of carbonyl (C=O) groups is 1. The van der Waals surface area contributed by atoms with Crippen molar-refractivity contribution in [3.8, 4) is 11.5 Å². The average Bonchev–Trinajstić information content (AvgIpc) is 2.81. The Balaban J connectivity index is 1.52. The Hall–Kier alpha value is -3.68. The summed E-state index contributed by atoms with van der Waals surface area (Å²) in [6, 6.07) is 12.7. The number of para-hydroxylation sites is 2. The van der Waals surface area contributed by atoms with Gasteiger partial charge in [0.05, 0.1) is 31.0 Å². The lowest BCUT2D eigenvalue weighted by atomic mass is 10.2. The molecule has 0 bridgehead atoms. The van der Waals surface area contributed by atoms with Crippen molar-refractivity contribution in [2.45, 2.75) is 39.0 Å². The fourth-order valence-electron chi connectivity index (χ4n) is 3.12. The molecule has 0 spiro atoms. The van der Waals surface area contributed by atoms with Crippen molar-refractivity contribution in [3.05, 3.63) is 64.1 Å². The summed E-state index contributed by atoms with van der Waals surface area (Å²) in [6.07, 6.45) is 5.10. The molecule has 0 radical (unpaired) electrons. The van der Waals surface area contributed by atoms with E-state index in [0.29, 0.717) is 34.8 Å². The Morgan fingerprint density at radius 3 is 2.84 bits per heavy atom. The monoisotopic (exact) mass is 436 g/mol. The van der Waals surface area contributed by atoms with E-state index < -0.39 is 0 Å². The number of hydrogen-bond acceptors (Lipinski definition) is 6. The number of hydrogen-bond donors (Lipinski definition) is 2. The van der Waals surface area contributed by atoms with Crippen LogP contribution in [0.15, 0.2) is 52.4 Å². The zero-order chi connectivity index (χ0) is 22.8. The summed E-state index contributed by atoms with van der Waals surface area (Å²) in [5.41, 5.74) is 4.63. The van der Waals surface area contributed by atoms with Crippen LogP contribution in [0.25, 0.3) is 11.0 Å². The molecule has 2 N–H and O–H groups in total. The highest BCUT2D eigenvalue weighted by Gasteiger charge is 2.08. The first-order valence-electron chi connectivity index (χ1n) is 10.7. The number of aryl methyl sites for hydroxylation is 1. The molecule has 1 heterocycles. The fraction of sp³-hybridized carbons (Fsp3) is 0.333. The van der Waals surface area contributed by atoms with E-state index in [1.807, 2.05) is 30.3 Å². The minimum Gasteiger partial charge on any atom is -0.493 e. The van der Waals surface area contributed by atoms with Gasteiger partial charge in [0.15, 0.2) is 11.5 Å². The summed E-state index contributed by atoms with van der Waals surface area (Å²) in [4.78, 5) is 31.4. The highest BCUT2D eigenvalue weighted by atomic mass is 16.5. The van der Waals surface area contributed by atoms with Gasteiger partial charge < -0.3 is 14.5 Å². The standard InChI is InChI=1S/C24H28N4O4/c1-3-4-7-14-32-21-12-10-17(15-22(21)31-2)16-25-28-23(29)13-11-20-24(30)27-19-9-6-5-8-18(19)26-20/h5-6,8-10,12,15-16H,3-4,7,11,13-14H2,1-2H3,(H,27,30)(H,28,29)/b25-16-. The molecule has 0 saturated carbocycles. The lowest BCUT2D eigenvalue weighted by molar-refractivity contribution is -0.121. The number of hydrazone groups is 1. The molecule has 168 valence electrons. The van der Waals surface area contributed by atoms with Crippen LogP contribution in [0.2, 0.25) is 0 Å². The van der Waals surface area contributed by atoms with Gasteiger partial charge in [0, 0.05) is 12.8 Å². The van der Waals surface area contributed by atoms with Crippen LogP contribution in [-0.2, 0) is 11.2 Å². The quantitative estimate of drug-likeness (QED) is 0.271. The zero-order valence-corrected chi connectivity index (χ0v) is 18.4. The van der Waals surface area contributed by atoms with Gasteiger partial charge in [-0.25, -0.2) is 10.4 Å². The van der Waals surface area contributed by atoms with Gasteiger partial charge in [-0.05, 0) is 42.3 Å². The van der Waals surface area contributed by atoms with E-state index in [1.165, 1.54) is 6.21 Å². The lowest BCUT2D eigenvalue weighted by Gasteiger charge is -2.11. The van der Waals surface area contributed by atoms with Gasteiger partial charge in [-0.2, -0.15) is 5.10 Å². The number of unbranched alkanes of at least 4 members (excludes halogenated alkanes) is 2. The van der Waals surface area contributed by atoms with Crippen molar-refractivity contribution < 1.29 is 14.3 Å². The van der Waals surface area contributed by atoms with Gasteiger partial charge in [0.25, 0.3) is 5.56 Å². The summed E-state index contributed by atoms with van der Waals surface area (Å²) in [5.74, 6) is 0.981. The minimum absolute atomic E-state index is 0.0968. The SMILES string of the molecule is CCCCCOc1ccc(/C=N\NC(=O)CCc2nc3ccccc3[nH]c2=O)cc1OC. The molecule has 3 rings (SSSR count). The van der Waals surface area contributed by atoms with Gasteiger partial charge in [-0.3, -0.25) is 9.59 Å². The van der Waals surface area contributed by atoms with Gasteiger partial charge in [-0.15, -0.1) is 0 Å². The number of amides is 1. The topological polar surface area (TPSA) is 106 Å². The van der Waals surface area contributed by atoms with Crippen molar-refractivity contribution in [2.75, 3.05) is 13.7 Å². The Morgan fingerprint density at radius 1 is 1.19 bits per heavy atom. The van der Waals surface area contributed by atoms with E-state index in [-0.39, 0.29) is 24.3 Å². The molecule has 8 nitrogen and oxygen atoms in total. The van der Waals surface area contributed by atoms with Crippen molar-refractivity contribution >= 4 is 23.2 Å². The Labute approximate surface area is 186 Å². The van der Waals surface area contributed by atoms with Gasteiger partial charge in [-0.1, -0.05) is 31.9 Å². The predicted molar refractivity (Wildman–Crippen MR) is 124 cm³/mol. The molecule has 0 aliphatic carbocycles. The number of aromatic amines is 1. The Morgan fingerprint density at radius 2 is 2.03 bits per heavy atom. The van der Waals surface area contributed by atoms with E-state index in [1.54, 1.807) is 19.2 Å². The molecule has 3 aromatic rings. The van der Waals surface area contributed by atoms with E-state index in [9.17, 15) is 9.59 Å². The molecular formula is C24H28N4O4. The first-order chi connectivity index (χ1) is 15.6. The predicted octanol–water partition coefficient (Wildman–Crippen LogP) is 3.58. The van der Waals surface area contributed by atoms with E-state index in [2.05, 4.69) is 27.4 Å². The van der Waals surface area contributed by atoms with E-state index >= 15 is 0 Å². The van der Waals surface area contributed by atoms with Crippen LogP contribution in [0.5, 0.6) is 11.5 Å². The second kappa shape index (κ2) is 11.6. The highest BCUT2D eigenvalue weighted by molar-refractivity contribution is 5.83. The van der Waals surface area contributed by atoms with Crippen LogP contribution in [0.4, 0.5) is 0 Å². The molecular weight excluding hydrogens is 408 g/mol.